The number of sulfone groups is 1. The number of nitrogens with one attached hydrogen (secondary N) is 1. The highest BCUT2D eigenvalue weighted by atomic mass is 32.2. The molecule has 15 heavy (non-hydrogen) atoms. The summed E-state index contributed by atoms with van der Waals surface area (Å²) in [4.78, 5) is 1.94. The Balaban J connectivity index is 1.96. The summed E-state index contributed by atoms with van der Waals surface area (Å²) in [5.41, 5.74) is 0. The fourth-order valence-electron chi connectivity index (χ4n) is 2.07. The van der Waals surface area contributed by atoms with Crippen LogP contribution in [0.15, 0.2) is 0 Å². The van der Waals surface area contributed by atoms with Gasteiger partial charge in [-0.05, 0) is 6.42 Å². The molecule has 1 unspecified atom stereocenters. The fourth-order valence-corrected chi connectivity index (χ4v) is 3.82. The number of hydrogen-bond donors (Lipinski definition) is 1. The average Bonchev–Trinajstić information content (AvgIpc) is 2.59. The Morgan fingerprint density at radius 3 is 2.53 bits per heavy atom. The van der Waals surface area contributed by atoms with Crippen LogP contribution in [0.4, 0.5) is 0 Å². The van der Waals surface area contributed by atoms with Gasteiger partial charge in [0, 0.05) is 19.0 Å². The molecule has 0 spiro atoms. The van der Waals surface area contributed by atoms with E-state index in [1.54, 1.807) is 0 Å². The third-order valence-electron chi connectivity index (χ3n) is 2.97. The monoisotopic (exact) mass is 232 g/mol. The molecule has 0 bridgehead atoms. The van der Waals surface area contributed by atoms with Crippen LogP contribution in [-0.4, -0.2) is 57.0 Å². The molecule has 0 aliphatic carbocycles. The van der Waals surface area contributed by atoms with Crippen molar-refractivity contribution in [2.75, 3.05) is 37.8 Å². The van der Waals surface area contributed by atoms with Gasteiger partial charge in [-0.3, -0.25) is 5.41 Å². The fraction of sp³-hybridized carbons (Fsp3) is 0.889. The van der Waals surface area contributed by atoms with E-state index in [1.807, 2.05) is 4.90 Å². The van der Waals surface area contributed by atoms with E-state index in [4.69, 9.17) is 10.1 Å². The Kier molecular flexibility index (Phi) is 2.97. The summed E-state index contributed by atoms with van der Waals surface area (Å²) >= 11 is 0. The highest BCUT2D eigenvalue weighted by molar-refractivity contribution is 7.91. The van der Waals surface area contributed by atoms with Crippen LogP contribution in [0.3, 0.4) is 0 Å². The van der Waals surface area contributed by atoms with Gasteiger partial charge in [0.05, 0.1) is 24.7 Å². The molecular formula is C9H16N2O3S. The van der Waals surface area contributed by atoms with Crippen LogP contribution in [0.2, 0.25) is 0 Å². The zero-order chi connectivity index (χ0) is 10.9. The molecule has 2 rings (SSSR count). The molecule has 0 aromatic heterocycles. The quantitative estimate of drug-likeness (QED) is 0.499. The van der Waals surface area contributed by atoms with Gasteiger partial charge in [0.15, 0.2) is 9.84 Å². The molecule has 0 aromatic carbocycles. The Hall–Kier alpha value is -0.620. The van der Waals surface area contributed by atoms with Crippen molar-refractivity contribution in [3.8, 4) is 0 Å². The first-order valence-electron chi connectivity index (χ1n) is 5.20. The minimum Gasteiger partial charge on any atom is -0.378 e. The van der Waals surface area contributed by atoms with Crippen molar-refractivity contribution in [2.24, 2.45) is 5.92 Å². The van der Waals surface area contributed by atoms with E-state index in [2.05, 4.69) is 0 Å². The van der Waals surface area contributed by atoms with Crippen LogP contribution in [0.25, 0.3) is 0 Å². The average molecular weight is 232 g/mol. The van der Waals surface area contributed by atoms with Gasteiger partial charge in [0.1, 0.15) is 5.84 Å². The number of rotatable bonds is 1. The lowest BCUT2D eigenvalue weighted by atomic mass is 10.1. The first-order chi connectivity index (χ1) is 7.08. The molecule has 2 aliphatic rings. The minimum atomic E-state index is -2.88. The van der Waals surface area contributed by atoms with Crippen molar-refractivity contribution < 1.29 is 13.2 Å². The number of nitrogens with zero attached hydrogens (tertiary/aromatic N) is 1. The molecular weight excluding hydrogens is 216 g/mol. The second-order valence-electron chi connectivity index (χ2n) is 4.08. The van der Waals surface area contributed by atoms with Gasteiger partial charge < -0.3 is 9.64 Å². The SMILES string of the molecule is N=C(C1CCS(=O)(=O)C1)N1CCOCC1. The summed E-state index contributed by atoms with van der Waals surface area (Å²) in [5.74, 6) is 0.792. The van der Waals surface area contributed by atoms with Crippen molar-refractivity contribution in [3.05, 3.63) is 0 Å². The normalized spacial score (nSPS) is 30.4. The summed E-state index contributed by atoms with van der Waals surface area (Å²) in [5, 5.41) is 7.96. The summed E-state index contributed by atoms with van der Waals surface area (Å²) in [6.45, 7) is 2.72. The molecule has 2 heterocycles. The lowest BCUT2D eigenvalue weighted by molar-refractivity contribution is 0.0658. The second-order valence-corrected chi connectivity index (χ2v) is 6.31. The van der Waals surface area contributed by atoms with Crippen LogP contribution in [-0.2, 0) is 14.6 Å². The van der Waals surface area contributed by atoms with E-state index in [0.717, 1.165) is 13.1 Å². The highest BCUT2D eigenvalue weighted by Crippen LogP contribution is 2.21. The molecule has 5 nitrogen and oxygen atoms in total. The van der Waals surface area contributed by atoms with E-state index in [-0.39, 0.29) is 17.4 Å². The molecule has 0 aromatic rings. The topological polar surface area (TPSA) is 70.5 Å². The first kappa shape index (κ1) is 10.9. The molecule has 2 fully saturated rings. The molecule has 2 saturated heterocycles. The number of morpholine rings is 1. The van der Waals surface area contributed by atoms with E-state index >= 15 is 0 Å². The zero-order valence-corrected chi connectivity index (χ0v) is 9.42. The maximum Gasteiger partial charge on any atom is 0.151 e. The van der Waals surface area contributed by atoms with Crippen LogP contribution >= 0.6 is 0 Å². The van der Waals surface area contributed by atoms with Crippen LogP contribution < -0.4 is 0 Å². The van der Waals surface area contributed by atoms with Crippen LogP contribution in [0, 0.1) is 11.3 Å². The number of hydrogen-bond acceptors (Lipinski definition) is 4. The third-order valence-corrected chi connectivity index (χ3v) is 4.74. The Morgan fingerprint density at radius 1 is 1.33 bits per heavy atom. The molecule has 2 aliphatic heterocycles. The smallest absolute Gasteiger partial charge is 0.151 e. The van der Waals surface area contributed by atoms with Gasteiger partial charge in [-0.25, -0.2) is 8.42 Å². The summed E-state index contributed by atoms with van der Waals surface area (Å²) in [6.07, 6.45) is 0.610. The Bertz CT molecular complexity index is 346. The predicted octanol–water partition coefficient (Wildman–Crippen LogP) is -0.269. The lowest BCUT2D eigenvalue weighted by Gasteiger charge is -2.31. The Labute approximate surface area is 89.8 Å². The van der Waals surface area contributed by atoms with Crippen molar-refractivity contribution in [2.45, 2.75) is 6.42 Å². The van der Waals surface area contributed by atoms with E-state index in [0.29, 0.717) is 25.5 Å². The van der Waals surface area contributed by atoms with Gasteiger partial charge in [0.2, 0.25) is 0 Å². The van der Waals surface area contributed by atoms with Crippen LogP contribution in [0.1, 0.15) is 6.42 Å². The standard InChI is InChI=1S/C9H16N2O3S/c10-9(11-2-4-14-5-3-11)8-1-6-15(12,13)7-8/h8,10H,1-7H2. The Morgan fingerprint density at radius 2 is 2.00 bits per heavy atom. The number of ether oxygens (including phenoxy) is 1. The zero-order valence-electron chi connectivity index (χ0n) is 8.61. The summed E-state index contributed by atoms with van der Waals surface area (Å²) < 4.78 is 27.8. The third kappa shape index (κ3) is 2.49. The predicted molar refractivity (Wildman–Crippen MR) is 56.9 cm³/mol. The molecule has 1 atom stereocenters. The molecule has 0 amide bonds. The van der Waals surface area contributed by atoms with Gasteiger partial charge in [-0.15, -0.1) is 0 Å². The van der Waals surface area contributed by atoms with Gasteiger partial charge in [-0.1, -0.05) is 0 Å². The molecule has 0 saturated carbocycles. The van der Waals surface area contributed by atoms with E-state index < -0.39 is 9.84 Å². The molecule has 1 N–H and O–H groups in total. The molecule has 6 heteroatoms. The van der Waals surface area contributed by atoms with Crippen molar-refractivity contribution in [1.82, 2.24) is 4.90 Å². The molecule has 0 radical (unpaired) electrons. The maximum atomic E-state index is 11.3. The highest BCUT2D eigenvalue weighted by Gasteiger charge is 2.33. The lowest BCUT2D eigenvalue weighted by Crippen LogP contribution is -2.43. The first-order valence-corrected chi connectivity index (χ1v) is 7.02. The maximum absolute atomic E-state index is 11.3. The van der Waals surface area contributed by atoms with Crippen molar-refractivity contribution >= 4 is 15.7 Å². The van der Waals surface area contributed by atoms with Crippen molar-refractivity contribution in [1.29, 1.82) is 5.41 Å². The summed E-state index contributed by atoms with van der Waals surface area (Å²) in [6, 6.07) is 0. The van der Waals surface area contributed by atoms with E-state index in [9.17, 15) is 8.42 Å². The number of amidine groups is 1. The van der Waals surface area contributed by atoms with E-state index in [1.165, 1.54) is 0 Å². The van der Waals surface area contributed by atoms with Gasteiger partial charge >= 0.3 is 0 Å². The van der Waals surface area contributed by atoms with Gasteiger partial charge in [0.25, 0.3) is 0 Å². The second kappa shape index (κ2) is 4.09. The van der Waals surface area contributed by atoms with Gasteiger partial charge in [-0.2, -0.15) is 0 Å². The minimum absolute atomic E-state index is 0.0897. The van der Waals surface area contributed by atoms with Crippen molar-refractivity contribution in [3.63, 3.8) is 0 Å². The summed E-state index contributed by atoms with van der Waals surface area (Å²) in [7, 11) is -2.88. The largest absolute Gasteiger partial charge is 0.378 e. The molecule has 86 valence electrons. The van der Waals surface area contributed by atoms with Crippen LogP contribution in [0.5, 0.6) is 0 Å².